The van der Waals surface area contributed by atoms with Crippen LogP contribution in [0.25, 0.3) is 11.2 Å². The molecule has 3 aromatic rings. The quantitative estimate of drug-likeness (QED) is 0.323. The molecule has 0 spiro atoms. The number of rotatable bonds is 10. The van der Waals surface area contributed by atoms with Gasteiger partial charge in [0.05, 0.1) is 12.3 Å². The van der Waals surface area contributed by atoms with Crippen LogP contribution < -0.4 is 16.4 Å². The van der Waals surface area contributed by atoms with Gasteiger partial charge in [0.2, 0.25) is 17.8 Å². The zero-order valence-electron chi connectivity index (χ0n) is 20.0. The van der Waals surface area contributed by atoms with Crippen molar-refractivity contribution < 1.29 is 23.1 Å². The van der Waals surface area contributed by atoms with Gasteiger partial charge in [-0.1, -0.05) is 13.3 Å². The topological polar surface area (TPSA) is 131 Å². The second-order valence-electron chi connectivity index (χ2n) is 9.19. The van der Waals surface area contributed by atoms with Gasteiger partial charge in [0.25, 0.3) is 0 Å². The van der Waals surface area contributed by atoms with E-state index in [9.17, 15) is 23.1 Å². The number of primary amides is 1. The maximum absolute atomic E-state index is 14.4. The van der Waals surface area contributed by atoms with Crippen molar-refractivity contribution in [3.05, 3.63) is 35.8 Å². The molecule has 1 aliphatic rings. The number of anilines is 3. The zero-order valence-corrected chi connectivity index (χ0v) is 20.0. The van der Waals surface area contributed by atoms with E-state index >= 15 is 0 Å². The number of nitrogens with two attached hydrogens (primary N) is 1. The lowest BCUT2D eigenvalue weighted by Crippen LogP contribution is -2.30. The van der Waals surface area contributed by atoms with Gasteiger partial charge < -0.3 is 21.5 Å². The molecule has 1 fully saturated rings. The first-order valence-corrected chi connectivity index (χ1v) is 12.1. The fraction of sp³-hybridized carbons (Fsp3) is 0.500. The van der Waals surface area contributed by atoms with Crippen LogP contribution in [0.3, 0.4) is 0 Å². The third-order valence-corrected chi connectivity index (χ3v) is 6.37. The number of amides is 1. The Kier molecular flexibility index (Phi) is 7.92. The Morgan fingerprint density at radius 1 is 1.22 bits per heavy atom. The van der Waals surface area contributed by atoms with Crippen LogP contribution in [-0.4, -0.2) is 42.7 Å². The third-order valence-electron chi connectivity index (χ3n) is 6.37. The van der Waals surface area contributed by atoms with E-state index in [1.54, 1.807) is 4.57 Å². The van der Waals surface area contributed by atoms with Crippen LogP contribution >= 0.6 is 0 Å². The molecular weight excluding hydrogens is 475 g/mol. The Morgan fingerprint density at radius 3 is 2.64 bits per heavy atom. The Bertz CT molecular complexity index is 1210. The number of fused-ring (bicyclic) bond motifs is 1. The number of aliphatic hydroxyl groups is 1. The zero-order chi connectivity index (χ0) is 25.8. The summed E-state index contributed by atoms with van der Waals surface area (Å²) in [5, 5.41) is 15.9. The summed E-state index contributed by atoms with van der Waals surface area (Å²) in [7, 11) is 0. The lowest BCUT2D eigenvalue weighted by Gasteiger charge is -2.26. The predicted molar refractivity (Wildman–Crippen MR) is 129 cm³/mol. The molecular formula is C24H30F3N7O2. The number of imidazole rings is 1. The number of aromatic nitrogens is 4. The molecule has 4 rings (SSSR count). The fourth-order valence-corrected chi connectivity index (χ4v) is 4.69. The molecule has 0 saturated heterocycles. The minimum atomic E-state index is -1.11. The normalized spacial score (nSPS) is 18.8. The number of benzene rings is 1. The predicted octanol–water partition coefficient (Wildman–Crippen LogP) is 4.31. The Labute approximate surface area is 206 Å². The van der Waals surface area contributed by atoms with Crippen LogP contribution in [0.5, 0.6) is 0 Å². The van der Waals surface area contributed by atoms with E-state index in [0.717, 1.165) is 25.7 Å². The molecule has 1 saturated carbocycles. The van der Waals surface area contributed by atoms with Crippen molar-refractivity contribution in [3.8, 4) is 0 Å². The highest BCUT2D eigenvalue weighted by atomic mass is 19.1. The average molecular weight is 506 g/mol. The number of carbonyl (C=O) groups excluding carboxylic acids is 1. The van der Waals surface area contributed by atoms with Crippen molar-refractivity contribution in [2.24, 2.45) is 5.73 Å². The smallest absolute Gasteiger partial charge is 0.224 e. The van der Waals surface area contributed by atoms with Crippen molar-refractivity contribution in [1.82, 2.24) is 19.5 Å². The van der Waals surface area contributed by atoms with Crippen molar-refractivity contribution in [1.29, 1.82) is 0 Å². The molecule has 194 valence electrons. The molecule has 1 amide bonds. The van der Waals surface area contributed by atoms with Gasteiger partial charge in [-0.2, -0.15) is 4.98 Å². The second-order valence-corrected chi connectivity index (χ2v) is 9.19. The maximum Gasteiger partial charge on any atom is 0.224 e. The Morgan fingerprint density at radius 2 is 1.97 bits per heavy atom. The minimum Gasteiger partial charge on any atom is -0.393 e. The molecule has 1 aliphatic carbocycles. The molecule has 0 unspecified atom stereocenters. The molecule has 5 N–H and O–H groups in total. The SMILES string of the molecule is CCC[C@H](CCC(N)=O)n1c(Nc2c(F)cc(F)cc2F)nc2cnc(N[C@@H]3CCC[C@@H](O)C3)nc21. The van der Waals surface area contributed by atoms with Gasteiger partial charge in [0.1, 0.15) is 17.0 Å². The first-order valence-electron chi connectivity index (χ1n) is 12.1. The van der Waals surface area contributed by atoms with E-state index in [1.807, 2.05) is 6.92 Å². The van der Waals surface area contributed by atoms with E-state index in [1.165, 1.54) is 6.20 Å². The monoisotopic (exact) mass is 505 g/mol. The van der Waals surface area contributed by atoms with E-state index in [2.05, 4.69) is 25.6 Å². The van der Waals surface area contributed by atoms with Crippen LogP contribution in [0.4, 0.5) is 30.8 Å². The molecule has 0 bridgehead atoms. The van der Waals surface area contributed by atoms with Gasteiger partial charge in [-0.05, 0) is 38.5 Å². The average Bonchev–Trinajstić information content (AvgIpc) is 3.16. The molecule has 2 aromatic heterocycles. The number of nitrogens with zero attached hydrogens (tertiary/aromatic N) is 4. The van der Waals surface area contributed by atoms with Gasteiger partial charge in [-0.15, -0.1) is 0 Å². The van der Waals surface area contributed by atoms with Crippen molar-refractivity contribution in [2.75, 3.05) is 10.6 Å². The van der Waals surface area contributed by atoms with Crippen LogP contribution in [-0.2, 0) is 4.79 Å². The maximum atomic E-state index is 14.4. The van der Waals surface area contributed by atoms with E-state index in [-0.39, 0.29) is 30.6 Å². The van der Waals surface area contributed by atoms with Gasteiger partial charge >= 0.3 is 0 Å². The summed E-state index contributed by atoms with van der Waals surface area (Å²) in [5.41, 5.74) is 5.60. The first-order chi connectivity index (χ1) is 17.2. The van der Waals surface area contributed by atoms with E-state index < -0.39 is 29.0 Å². The molecule has 0 aliphatic heterocycles. The number of halogens is 3. The lowest BCUT2D eigenvalue weighted by atomic mass is 9.93. The largest absolute Gasteiger partial charge is 0.393 e. The van der Waals surface area contributed by atoms with E-state index in [0.29, 0.717) is 48.5 Å². The fourth-order valence-electron chi connectivity index (χ4n) is 4.69. The van der Waals surface area contributed by atoms with Gasteiger partial charge in [0.15, 0.2) is 17.3 Å². The lowest BCUT2D eigenvalue weighted by molar-refractivity contribution is -0.118. The number of hydrogen-bond acceptors (Lipinski definition) is 7. The highest BCUT2D eigenvalue weighted by molar-refractivity contribution is 5.77. The highest BCUT2D eigenvalue weighted by Crippen LogP contribution is 2.33. The molecule has 0 radical (unpaired) electrons. The molecule has 1 aromatic carbocycles. The summed E-state index contributed by atoms with van der Waals surface area (Å²) in [6.45, 7) is 1.97. The van der Waals surface area contributed by atoms with Gasteiger partial charge in [0, 0.05) is 30.6 Å². The van der Waals surface area contributed by atoms with Crippen LogP contribution in [0.2, 0.25) is 0 Å². The summed E-state index contributed by atoms with van der Waals surface area (Å²) < 4.78 is 44.0. The van der Waals surface area contributed by atoms with Crippen LogP contribution in [0.15, 0.2) is 18.3 Å². The van der Waals surface area contributed by atoms with Crippen molar-refractivity contribution in [3.63, 3.8) is 0 Å². The summed E-state index contributed by atoms with van der Waals surface area (Å²) in [4.78, 5) is 25.0. The molecule has 12 heteroatoms. The first kappa shape index (κ1) is 25.7. The molecule has 36 heavy (non-hydrogen) atoms. The van der Waals surface area contributed by atoms with Crippen molar-refractivity contribution >= 4 is 34.7 Å². The summed E-state index contributed by atoms with van der Waals surface area (Å²) >= 11 is 0. The van der Waals surface area contributed by atoms with Gasteiger partial charge in [-0.25, -0.2) is 23.1 Å². The standard InChI is InChI=1S/C24H30F3N7O2/c1-2-4-15(7-8-20(28)36)34-22-19(12-29-23(33-22)30-14-5-3-6-16(35)11-14)31-24(34)32-21-17(26)9-13(25)10-18(21)27/h9-10,12,14-16,35H,2-8,11H2,1H3,(H2,28,36)(H,31,32)(H,29,30,33)/t14-,15-,16-/m1/s1. The number of nitrogens with one attached hydrogen (secondary N) is 2. The molecule has 9 nitrogen and oxygen atoms in total. The Hall–Kier alpha value is -3.41. The van der Waals surface area contributed by atoms with Crippen LogP contribution in [0, 0.1) is 17.5 Å². The molecule has 3 atom stereocenters. The second kappa shape index (κ2) is 11.1. The Balaban J connectivity index is 1.77. The van der Waals surface area contributed by atoms with E-state index in [4.69, 9.17) is 5.73 Å². The number of carbonyl (C=O) groups is 1. The van der Waals surface area contributed by atoms with Crippen molar-refractivity contribution in [2.45, 2.75) is 76.5 Å². The van der Waals surface area contributed by atoms with Gasteiger partial charge in [-0.3, -0.25) is 9.36 Å². The number of aliphatic hydroxyl groups excluding tert-OH is 1. The molecule has 2 heterocycles. The summed E-state index contributed by atoms with van der Waals surface area (Å²) in [6, 6.07) is 0.843. The van der Waals surface area contributed by atoms with Crippen LogP contribution in [0.1, 0.15) is 64.3 Å². The minimum absolute atomic E-state index is 0.00359. The number of hydrogen-bond donors (Lipinski definition) is 4. The summed E-state index contributed by atoms with van der Waals surface area (Å²) in [6.07, 6.45) is 6.02. The highest BCUT2D eigenvalue weighted by Gasteiger charge is 2.25. The summed E-state index contributed by atoms with van der Waals surface area (Å²) in [5.74, 6) is -3.32. The third kappa shape index (κ3) is 5.86.